The van der Waals surface area contributed by atoms with Crippen LogP contribution in [-0.4, -0.2) is 50.2 Å². The van der Waals surface area contributed by atoms with Crippen molar-refractivity contribution in [2.45, 2.75) is 146 Å². The number of hydrogen-bond donors (Lipinski definition) is 0. The molecule has 1 atom stereocenters. The number of hydrogen-bond acceptors (Lipinski definition) is 4. The molecule has 1 saturated heterocycles. The average molecular weight is 649 g/mol. The van der Waals surface area contributed by atoms with Crippen LogP contribution in [-0.2, 0) is 12.8 Å². The van der Waals surface area contributed by atoms with Crippen molar-refractivity contribution < 1.29 is 9.53 Å². The van der Waals surface area contributed by atoms with Crippen LogP contribution in [0.5, 0.6) is 5.75 Å². The first kappa shape index (κ1) is 42.6. The molecule has 0 amide bonds. The van der Waals surface area contributed by atoms with Crippen molar-refractivity contribution in [3.8, 4) is 5.75 Å². The predicted octanol–water partition coefficient (Wildman–Crippen LogP) is 11.7. The highest BCUT2D eigenvalue weighted by molar-refractivity contribution is 6.05. The largest absolute Gasteiger partial charge is 0.494 e. The highest BCUT2D eigenvalue weighted by atomic mass is 16.5. The molecule has 1 heterocycles. The second-order valence-corrected chi connectivity index (χ2v) is 13.1. The third-order valence-electron chi connectivity index (χ3n) is 9.77. The SMILES string of the molecule is CC.CC.CCc1ccc(OCCCC2CCCN(C)CC2)cc1CC.CN=C(CC1CCCCC1)c1cc(C(C)=O)c(C)cc1C. The molecule has 2 aromatic rings. The van der Waals surface area contributed by atoms with E-state index < -0.39 is 0 Å². The third-order valence-corrected chi connectivity index (χ3v) is 9.77. The van der Waals surface area contributed by atoms with Crippen molar-refractivity contribution in [2.75, 3.05) is 33.8 Å². The number of rotatable bonds is 11. The van der Waals surface area contributed by atoms with Crippen LogP contribution in [0, 0.1) is 25.7 Å². The minimum Gasteiger partial charge on any atom is -0.494 e. The Morgan fingerprint density at radius 2 is 1.45 bits per heavy atom. The first-order valence-electron chi connectivity index (χ1n) is 19.3. The second kappa shape index (κ2) is 24.6. The molecule has 1 unspecified atom stereocenters. The molecule has 0 spiro atoms. The first-order valence-corrected chi connectivity index (χ1v) is 19.3. The van der Waals surface area contributed by atoms with Gasteiger partial charge in [0.25, 0.3) is 0 Å². The maximum absolute atomic E-state index is 11.8. The lowest BCUT2D eigenvalue weighted by Crippen LogP contribution is -2.18. The van der Waals surface area contributed by atoms with Crippen LogP contribution in [0.1, 0.15) is 157 Å². The molecule has 266 valence electrons. The molecule has 1 saturated carbocycles. The highest BCUT2D eigenvalue weighted by Crippen LogP contribution is 2.29. The van der Waals surface area contributed by atoms with Crippen molar-refractivity contribution in [1.82, 2.24) is 4.90 Å². The van der Waals surface area contributed by atoms with Crippen LogP contribution in [0.3, 0.4) is 0 Å². The van der Waals surface area contributed by atoms with Gasteiger partial charge in [0.2, 0.25) is 0 Å². The molecular formula is C43H72N2O2. The van der Waals surface area contributed by atoms with Gasteiger partial charge in [-0.25, -0.2) is 0 Å². The summed E-state index contributed by atoms with van der Waals surface area (Å²) < 4.78 is 5.98. The monoisotopic (exact) mass is 649 g/mol. The fraction of sp³-hybridized carbons (Fsp3) is 0.674. The minimum atomic E-state index is 0.141. The van der Waals surface area contributed by atoms with E-state index in [1.807, 2.05) is 41.7 Å². The normalized spacial score (nSPS) is 17.2. The van der Waals surface area contributed by atoms with Crippen LogP contribution in [0.25, 0.3) is 0 Å². The summed E-state index contributed by atoms with van der Waals surface area (Å²) in [5.74, 6) is 2.86. The Morgan fingerprint density at radius 1 is 0.809 bits per heavy atom. The van der Waals surface area contributed by atoms with E-state index in [1.54, 1.807) is 6.92 Å². The van der Waals surface area contributed by atoms with Crippen LogP contribution >= 0.6 is 0 Å². The van der Waals surface area contributed by atoms with Crippen molar-refractivity contribution in [3.05, 3.63) is 63.7 Å². The predicted molar refractivity (Wildman–Crippen MR) is 207 cm³/mol. The van der Waals surface area contributed by atoms with Gasteiger partial charge in [0.05, 0.1) is 6.61 Å². The van der Waals surface area contributed by atoms with E-state index in [9.17, 15) is 4.79 Å². The van der Waals surface area contributed by atoms with E-state index >= 15 is 0 Å². The summed E-state index contributed by atoms with van der Waals surface area (Å²) in [4.78, 5) is 18.8. The van der Waals surface area contributed by atoms with Gasteiger partial charge in [-0.2, -0.15) is 0 Å². The summed E-state index contributed by atoms with van der Waals surface area (Å²) in [5.41, 5.74) is 8.36. The molecule has 4 rings (SSSR count). The first-order chi connectivity index (χ1) is 22.7. The Hall–Kier alpha value is -2.46. The molecule has 4 heteroatoms. The van der Waals surface area contributed by atoms with Crippen molar-refractivity contribution >= 4 is 11.5 Å². The number of likely N-dealkylation sites (tertiary alicyclic amines) is 1. The summed E-state index contributed by atoms with van der Waals surface area (Å²) in [6, 6.07) is 10.8. The van der Waals surface area contributed by atoms with Crippen molar-refractivity contribution in [2.24, 2.45) is 16.8 Å². The molecule has 4 nitrogen and oxygen atoms in total. The van der Waals surface area contributed by atoms with Crippen molar-refractivity contribution in [1.29, 1.82) is 0 Å². The van der Waals surface area contributed by atoms with Crippen LogP contribution < -0.4 is 4.74 Å². The van der Waals surface area contributed by atoms with Gasteiger partial charge in [0, 0.05) is 18.3 Å². The standard InChI is InChI=1S/C20H33NO.C19H27NO.2C2H6/c1-4-18-10-11-20(16-19(18)5-2)22-15-7-9-17-8-6-13-21(3)14-12-17;1-13-10-14(2)18(12-17(13)15(3)21)19(20-4)11-16-8-6-5-7-9-16;2*1-2/h10-11,16-17H,4-9,12-15H2,1-3H3;10,12,16H,5-9,11H2,1-4H3;2*1-2H3. The number of aryl methyl sites for hydroxylation is 4. The van der Waals surface area contributed by atoms with Gasteiger partial charge in [-0.05, 0) is 150 Å². The van der Waals surface area contributed by atoms with E-state index in [1.165, 1.54) is 105 Å². The fourth-order valence-electron chi connectivity index (χ4n) is 7.05. The van der Waals surface area contributed by atoms with Gasteiger partial charge in [-0.15, -0.1) is 0 Å². The molecule has 0 bridgehead atoms. The van der Waals surface area contributed by atoms with E-state index in [-0.39, 0.29) is 5.78 Å². The molecule has 2 aromatic carbocycles. The summed E-state index contributed by atoms with van der Waals surface area (Å²) in [6.07, 6.45) is 16.6. The molecule has 2 fully saturated rings. The van der Waals surface area contributed by atoms with E-state index in [0.29, 0.717) is 0 Å². The Bertz CT molecular complexity index is 1180. The van der Waals surface area contributed by atoms with Gasteiger partial charge >= 0.3 is 0 Å². The number of Topliss-reactive ketones (excluding diaryl/α,β-unsaturated/α-hetero) is 1. The Labute approximate surface area is 291 Å². The van der Waals surface area contributed by atoms with Crippen LogP contribution in [0.2, 0.25) is 0 Å². The third kappa shape index (κ3) is 15.1. The maximum Gasteiger partial charge on any atom is 0.160 e. The molecule has 0 aromatic heterocycles. The Morgan fingerprint density at radius 3 is 2.06 bits per heavy atom. The summed E-state index contributed by atoms with van der Waals surface area (Å²) in [5, 5.41) is 0. The number of nitrogens with zero attached hydrogens (tertiary/aromatic N) is 2. The van der Waals surface area contributed by atoms with Gasteiger partial charge in [-0.3, -0.25) is 9.79 Å². The quantitative estimate of drug-likeness (QED) is 0.138. The number of benzene rings is 2. The molecule has 0 radical (unpaired) electrons. The summed E-state index contributed by atoms with van der Waals surface area (Å²) >= 11 is 0. The zero-order valence-corrected chi connectivity index (χ0v) is 32.6. The number of ketones is 1. The smallest absolute Gasteiger partial charge is 0.160 e. The molecule has 1 aliphatic carbocycles. The van der Waals surface area contributed by atoms with E-state index in [2.05, 4.69) is 68.0 Å². The molecule has 0 N–H and O–H groups in total. The van der Waals surface area contributed by atoms with Gasteiger partial charge in [0.15, 0.2) is 5.78 Å². The van der Waals surface area contributed by atoms with Crippen LogP contribution in [0.15, 0.2) is 35.3 Å². The van der Waals surface area contributed by atoms with E-state index in [4.69, 9.17) is 4.74 Å². The maximum atomic E-state index is 11.8. The lowest BCUT2D eigenvalue weighted by Gasteiger charge is -2.23. The number of ether oxygens (including phenoxy) is 1. The zero-order chi connectivity index (χ0) is 35.2. The number of aliphatic imine (C=N–C) groups is 1. The lowest BCUT2D eigenvalue weighted by atomic mass is 9.83. The second-order valence-electron chi connectivity index (χ2n) is 13.1. The molecular weight excluding hydrogens is 576 g/mol. The minimum absolute atomic E-state index is 0.141. The number of carbonyl (C=O) groups is 1. The van der Waals surface area contributed by atoms with Crippen LogP contribution in [0.4, 0.5) is 0 Å². The zero-order valence-electron chi connectivity index (χ0n) is 32.6. The molecule has 47 heavy (non-hydrogen) atoms. The average Bonchev–Trinajstić information content (AvgIpc) is 3.31. The van der Waals surface area contributed by atoms with Gasteiger partial charge < -0.3 is 9.64 Å². The van der Waals surface area contributed by atoms with Crippen molar-refractivity contribution in [3.63, 3.8) is 0 Å². The number of carbonyl (C=O) groups excluding carboxylic acids is 1. The highest BCUT2D eigenvalue weighted by Gasteiger charge is 2.19. The molecule has 2 aliphatic rings. The van der Waals surface area contributed by atoms with E-state index in [0.717, 1.165) is 54.6 Å². The summed E-state index contributed by atoms with van der Waals surface area (Å²) in [7, 11) is 4.13. The topological polar surface area (TPSA) is 41.9 Å². The molecule has 1 aliphatic heterocycles. The Kier molecular flexibility index (Phi) is 22.3. The van der Waals surface area contributed by atoms with Gasteiger partial charge in [-0.1, -0.05) is 85.8 Å². The lowest BCUT2D eigenvalue weighted by molar-refractivity contribution is 0.101. The summed E-state index contributed by atoms with van der Waals surface area (Å²) in [6.45, 7) is 21.6. The Balaban J connectivity index is 0.000000425. The van der Waals surface area contributed by atoms with Gasteiger partial charge in [0.1, 0.15) is 5.75 Å². The fourth-order valence-corrected chi connectivity index (χ4v) is 7.05.